The van der Waals surface area contributed by atoms with Gasteiger partial charge in [-0.1, -0.05) is 6.92 Å². The second-order valence-corrected chi connectivity index (χ2v) is 2.81. The van der Waals surface area contributed by atoms with Crippen molar-refractivity contribution < 1.29 is 17.9 Å². The van der Waals surface area contributed by atoms with Gasteiger partial charge in [-0.2, -0.15) is 0 Å². The fraction of sp³-hybridized carbons (Fsp3) is 0.333. The smallest absolute Gasteiger partial charge is 0.406 e. The summed E-state index contributed by atoms with van der Waals surface area (Å²) in [5, 5.41) is 0. The maximum Gasteiger partial charge on any atom is 0.573 e. The minimum atomic E-state index is -4.67. The summed E-state index contributed by atoms with van der Waals surface area (Å²) in [6, 6.07) is 4.08. The van der Waals surface area contributed by atoms with E-state index in [2.05, 4.69) is 4.74 Å². The number of ether oxygens (including phenoxy) is 1. The highest BCUT2D eigenvalue weighted by molar-refractivity contribution is 5.47. The molecule has 0 fully saturated rings. The van der Waals surface area contributed by atoms with Gasteiger partial charge in [-0.05, 0) is 24.1 Å². The predicted octanol–water partition coefficient (Wildman–Crippen LogP) is 2.73. The number of nitrogens with two attached hydrogens (primary N) is 1. The second-order valence-electron chi connectivity index (χ2n) is 2.81. The monoisotopic (exact) mass is 205 g/mol. The van der Waals surface area contributed by atoms with Crippen LogP contribution in [-0.2, 0) is 6.42 Å². The average Bonchev–Trinajstić information content (AvgIpc) is 1.99. The van der Waals surface area contributed by atoms with Crippen LogP contribution in [0.2, 0.25) is 0 Å². The average molecular weight is 205 g/mol. The van der Waals surface area contributed by atoms with Crippen LogP contribution in [0.4, 0.5) is 18.9 Å². The number of benzene rings is 1. The van der Waals surface area contributed by atoms with Crippen LogP contribution in [0.25, 0.3) is 0 Å². The first-order valence-corrected chi connectivity index (χ1v) is 4.06. The quantitative estimate of drug-likeness (QED) is 0.753. The second kappa shape index (κ2) is 3.77. The van der Waals surface area contributed by atoms with E-state index < -0.39 is 6.36 Å². The molecular weight excluding hydrogens is 195 g/mol. The fourth-order valence-corrected chi connectivity index (χ4v) is 1.08. The zero-order valence-corrected chi connectivity index (χ0v) is 7.56. The Morgan fingerprint density at radius 2 is 1.93 bits per heavy atom. The summed E-state index contributed by atoms with van der Waals surface area (Å²) >= 11 is 0. The topological polar surface area (TPSA) is 35.2 Å². The first-order chi connectivity index (χ1) is 6.40. The van der Waals surface area contributed by atoms with Crippen LogP contribution in [0.15, 0.2) is 18.2 Å². The zero-order chi connectivity index (χ0) is 10.8. The van der Waals surface area contributed by atoms with Gasteiger partial charge in [0, 0.05) is 11.8 Å². The third-order valence-corrected chi connectivity index (χ3v) is 1.63. The number of halogens is 3. The van der Waals surface area contributed by atoms with E-state index in [-0.39, 0.29) is 11.4 Å². The van der Waals surface area contributed by atoms with E-state index in [0.29, 0.717) is 12.0 Å². The van der Waals surface area contributed by atoms with Gasteiger partial charge >= 0.3 is 6.36 Å². The van der Waals surface area contributed by atoms with Gasteiger partial charge in [0.25, 0.3) is 0 Å². The molecule has 0 aromatic heterocycles. The molecule has 1 aromatic rings. The molecule has 2 N–H and O–H groups in total. The molecule has 0 heterocycles. The third-order valence-electron chi connectivity index (χ3n) is 1.63. The van der Waals surface area contributed by atoms with Crippen LogP contribution in [0, 0.1) is 0 Å². The first-order valence-electron chi connectivity index (χ1n) is 4.06. The van der Waals surface area contributed by atoms with E-state index in [9.17, 15) is 13.2 Å². The Hall–Kier alpha value is -1.39. The third kappa shape index (κ3) is 3.16. The number of nitrogen functional groups attached to an aromatic ring is 1. The fourth-order valence-electron chi connectivity index (χ4n) is 1.08. The van der Waals surface area contributed by atoms with Crippen LogP contribution >= 0.6 is 0 Å². The first kappa shape index (κ1) is 10.7. The van der Waals surface area contributed by atoms with Gasteiger partial charge in [0.1, 0.15) is 5.75 Å². The Bertz CT molecular complexity index is 322. The molecule has 14 heavy (non-hydrogen) atoms. The summed E-state index contributed by atoms with van der Waals surface area (Å²) in [7, 11) is 0. The summed E-state index contributed by atoms with van der Waals surface area (Å²) < 4.78 is 39.3. The Kier molecular flexibility index (Phi) is 2.88. The lowest BCUT2D eigenvalue weighted by Crippen LogP contribution is -2.17. The SMILES string of the molecule is CCc1cc(N)cc(OC(F)(F)F)c1. The van der Waals surface area contributed by atoms with Crippen LogP contribution in [-0.4, -0.2) is 6.36 Å². The number of hydrogen-bond acceptors (Lipinski definition) is 2. The Morgan fingerprint density at radius 3 is 2.43 bits per heavy atom. The number of anilines is 1. The van der Waals surface area contributed by atoms with Gasteiger partial charge in [-0.15, -0.1) is 13.2 Å². The molecule has 0 saturated carbocycles. The molecule has 0 radical (unpaired) electrons. The summed E-state index contributed by atoms with van der Waals surface area (Å²) in [5.74, 6) is -0.269. The maximum atomic E-state index is 11.8. The van der Waals surface area contributed by atoms with E-state index in [1.807, 2.05) is 6.92 Å². The van der Waals surface area contributed by atoms with E-state index >= 15 is 0 Å². The van der Waals surface area contributed by atoms with Crippen LogP contribution < -0.4 is 10.5 Å². The highest BCUT2D eigenvalue weighted by atomic mass is 19.4. The van der Waals surface area contributed by atoms with Crippen molar-refractivity contribution in [2.24, 2.45) is 0 Å². The van der Waals surface area contributed by atoms with Gasteiger partial charge in [-0.3, -0.25) is 0 Å². The Labute approximate surface area is 79.5 Å². The van der Waals surface area contributed by atoms with Crippen LogP contribution in [0.5, 0.6) is 5.75 Å². The highest BCUT2D eigenvalue weighted by Gasteiger charge is 2.31. The zero-order valence-electron chi connectivity index (χ0n) is 7.56. The Morgan fingerprint density at radius 1 is 1.29 bits per heavy atom. The minimum absolute atomic E-state index is 0.267. The lowest BCUT2D eigenvalue weighted by Gasteiger charge is -2.10. The lowest BCUT2D eigenvalue weighted by molar-refractivity contribution is -0.274. The van der Waals surface area contributed by atoms with Gasteiger partial charge in [0.15, 0.2) is 0 Å². The normalized spacial score (nSPS) is 11.4. The van der Waals surface area contributed by atoms with Gasteiger partial charge in [0.05, 0.1) is 0 Å². The molecule has 0 atom stereocenters. The molecule has 0 aliphatic carbocycles. The standard InChI is InChI=1S/C9H10F3NO/c1-2-6-3-7(13)5-8(4-6)14-9(10,11)12/h3-5H,2,13H2,1H3. The molecule has 0 amide bonds. The molecule has 0 unspecified atom stereocenters. The van der Waals surface area contributed by atoms with Crippen molar-refractivity contribution in [3.05, 3.63) is 23.8 Å². The molecule has 0 bridgehead atoms. The maximum absolute atomic E-state index is 11.8. The van der Waals surface area contributed by atoms with Crippen molar-refractivity contribution in [1.82, 2.24) is 0 Å². The predicted molar refractivity (Wildman–Crippen MR) is 46.9 cm³/mol. The van der Waals surface area contributed by atoms with Crippen molar-refractivity contribution in [1.29, 1.82) is 0 Å². The molecule has 1 aromatic carbocycles. The number of aryl methyl sites for hydroxylation is 1. The van der Waals surface area contributed by atoms with Crippen molar-refractivity contribution in [2.75, 3.05) is 5.73 Å². The highest BCUT2D eigenvalue weighted by Crippen LogP contribution is 2.25. The van der Waals surface area contributed by atoms with Gasteiger partial charge in [-0.25, -0.2) is 0 Å². The van der Waals surface area contributed by atoms with E-state index in [1.54, 1.807) is 6.07 Å². The molecule has 78 valence electrons. The van der Waals surface area contributed by atoms with Crippen molar-refractivity contribution in [2.45, 2.75) is 19.7 Å². The molecule has 0 saturated heterocycles. The largest absolute Gasteiger partial charge is 0.573 e. The lowest BCUT2D eigenvalue weighted by atomic mass is 10.1. The van der Waals surface area contributed by atoms with Crippen molar-refractivity contribution in [3.8, 4) is 5.75 Å². The van der Waals surface area contributed by atoms with E-state index in [0.717, 1.165) is 6.07 Å². The molecule has 0 aliphatic rings. The van der Waals surface area contributed by atoms with Gasteiger partial charge < -0.3 is 10.5 Å². The van der Waals surface area contributed by atoms with Crippen LogP contribution in [0.1, 0.15) is 12.5 Å². The van der Waals surface area contributed by atoms with Crippen LogP contribution in [0.3, 0.4) is 0 Å². The molecule has 5 heteroatoms. The summed E-state index contributed by atoms with van der Waals surface area (Å²) in [6.07, 6.45) is -4.06. The van der Waals surface area contributed by atoms with Gasteiger partial charge in [0.2, 0.25) is 0 Å². The summed E-state index contributed by atoms with van der Waals surface area (Å²) in [6.45, 7) is 1.83. The van der Waals surface area contributed by atoms with Crippen molar-refractivity contribution in [3.63, 3.8) is 0 Å². The molecule has 0 spiro atoms. The van der Waals surface area contributed by atoms with E-state index in [4.69, 9.17) is 5.73 Å². The molecule has 0 aliphatic heterocycles. The minimum Gasteiger partial charge on any atom is -0.406 e. The molecule has 2 nitrogen and oxygen atoms in total. The summed E-state index contributed by atoms with van der Waals surface area (Å²) in [5.41, 5.74) is 6.39. The van der Waals surface area contributed by atoms with Crippen molar-refractivity contribution >= 4 is 5.69 Å². The van der Waals surface area contributed by atoms with E-state index in [1.165, 1.54) is 6.07 Å². The molecular formula is C9H10F3NO. The number of alkyl halides is 3. The number of rotatable bonds is 2. The summed E-state index contributed by atoms with van der Waals surface area (Å²) in [4.78, 5) is 0. The molecule has 1 rings (SSSR count). The number of hydrogen-bond donors (Lipinski definition) is 1. The Balaban J connectivity index is 2.92.